The summed E-state index contributed by atoms with van der Waals surface area (Å²) >= 11 is 0. The maximum Gasteiger partial charge on any atom is 0.175 e. The van der Waals surface area contributed by atoms with Gasteiger partial charge in [-0.05, 0) is 0 Å². The Morgan fingerprint density at radius 2 is 2.55 bits per heavy atom. The van der Waals surface area contributed by atoms with Crippen LogP contribution in [0.5, 0.6) is 0 Å². The zero-order chi connectivity index (χ0) is 8.10. The van der Waals surface area contributed by atoms with Gasteiger partial charge in [0.25, 0.3) is 0 Å². The van der Waals surface area contributed by atoms with Crippen molar-refractivity contribution in [1.29, 1.82) is 0 Å². The van der Waals surface area contributed by atoms with Gasteiger partial charge in [-0.1, -0.05) is 0 Å². The molecule has 0 aliphatic rings. The number of aromatic nitrogens is 3. The molecule has 0 amide bonds. The molecule has 11 heavy (non-hydrogen) atoms. The van der Waals surface area contributed by atoms with Crippen molar-refractivity contribution in [2.75, 3.05) is 13.7 Å². The van der Waals surface area contributed by atoms with Crippen LogP contribution in [0.4, 0.5) is 0 Å². The van der Waals surface area contributed by atoms with Crippen molar-refractivity contribution in [1.82, 2.24) is 14.8 Å². The summed E-state index contributed by atoms with van der Waals surface area (Å²) in [5.41, 5.74) is 0. The van der Waals surface area contributed by atoms with Crippen molar-refractivity contribution in [3.63, 3.8) is 0 Å². The van der Waals surface area contributed by atoms with Crippen molar-refractivity contribution in [3.8, 4) is 0 Å². The van der Waals surface area contributed by atoms with E-state index in [0.29, 0.717) is 19.0 Å². The van der Waals surface area contributed by atoms with E-state index in [1.165, 1.54) is 0 Å². The number of hydrogen-bond acceptors (Lipinski definition) is 4. The van der Waals surface area contributed by atoms with Gasteiger partial charge in [0.05, 0.1) is 13.2 Å². The third kappa shape index (κ3) is 2.28. The van der Waals surface area contributed by atoms with E-state index in [4.69, 9.17) is 9.84 Å². The molecular formula is C6H11N3O2. The quantitative estimate of drug-likeness (QED) is 0.635. The number of rotatable bonds is 4. The van der Waals surface area contributed by atoms with E-state index in [9.17, 15) is 0 Å². The number of methoxy groups -OCH3 is 1. The normalized spacial score (nSPS) is 10.4. The van der Waals surface area contributed by atoms with Gasteiger partial charge in [-0.15, -0.1) is 0 Å². The molecule has 0 aliphatic carbocycles. The molecule has 0 unspecified atom stereocenters. The van der Waals surface area contributed by atoms with Gasteiger partial charge in [0.2, 0.25) is 0 Å². The van der Waals surface area contributed by atoms with Crippen molar-refractivity contribution < 1.29 is 9.84 Å². The monoisotopic (exact) mass is 157 g/mol. The number of nitrogens with zero attached hydrogens (tertiary/aromatic N) is 3. The summed E-state index contributed by atoms with van der Waals surface area (Å²) < 4.78 is 6.47. The van der Waals surface area contributed by atoms with E-state index < -0.39 is 0 Å². The molecule has 1 N–H and O–H groups in total. The van der Waals surface area contributed by atoms with Crippen molar-refractivity contribution >= 4 is 0 Å². The van der Waals surface area contributed by atoms with Gasteiger partial charge in [-0.3, -0.25) is 4.68 Å². The Labute approximate surface area is 64.6 Å². The Hall–Kier alpha value is -0.940. The zero-order valence-corrected chi connectivity index (χ0v) is 6.40. The average molecular weight is 157 g/mol. The first-order valence-corrected chi connectivity index (χ1v) is 3.35. The summed E-state index contributed by atoms with van der Waals surface area (Å²) in [5, 5.41) is 12.5. The standard InChI is InChI=1S/C6H11N3O2/c1-11-3-2-9-5-7-6(4-10)8-9/h5,10H,2-4H2,1H3. The molecule has 0 spiro atoms. The molecule has 0 atom stereocenters. The molecule has 62 valence electrons. The first-order valence-electron chi connectivity index (χ1n) is 3.35. The first kappa shape index (κ1) is 8.16. The lowest BCUT2D eigenvalue weighted by Crippen LogP contribution is -2.04. The second kappa shape index (κ2) is 4.05. The fourth-order valence-corrected chi connectivity index (χ4v) is 0.698. The van der Waals surface area contributed by atoms with Crippen molar-refractivity contribution in [3.05, 3.63) is 12.2 Å². The summed E-state index contributed by atoms with van der Waals surface area (Å²) in [5.74, 6) is 0.445. The second-order valence-corrected chi connectivity index (χ2v) is 2.07. The Balaban J connectivity index is 2.44. The highest BCUT2D eigenvalue weighted by molar-refractivity contribution is 4.76. The number of hydrogen-bond donors (Lipinski definition) is 1. The van der Waals surface area contributed by atoms with Gasteiger partial charge in [0.1, 0.15) is 12.9 Å². The maximum atomic E-state index is 8.61. The summed E-state index contributed by atoms with van der Waals surface area (Å²) in [6.07, 6.45) is 1.57. The summed E-state index contributed by atoms with van der Waals surface area (Å²) in [6, 6.07) is 0. The van der Waals surface area contributed by atoms with Crippen molar-refractivity contribution in [2.24, 2.45) is 0 Å². The molecule has 1 aromatic rings. The molecule has 0 aromatic carbocycles. The fourth-order valence-electron chi connectivity index (χ4n) is 0.698. The predicted octanol–water partition coefficient (Wildman–Crippen LogP) is -0.583. The van der Waals surface area contributed by atoms with Crippen LogP contribution in [0.3, 0.4) is 0 Å². The minimum atomic E-state index is -0.111. The molecule has 1 heterocycles. The van der Waals surface area contributed by atoms with Gasteiger partial charge in [0, 0.05) is 7.11 Å². The smallest absolute Gasteiger partial charge is 0.175 e. The first-order chi connectivity index (χ1) is 5.36. The van der Waals surface area contributed by atoms with Crippen LogP contribution in [-0.2, 0) is 17.9 Å². The summed E-state index contributed by atoms with van der Waals surface area (Å²) in [7, 11) is 1.63. The fraction of sp³-hybridized carbons (Fsp3) is 0.667. The zero-order valence-electron chi connectivity index (χ0n) is 6.40. The molecular weight excluding hydrogens is 146 g/mol. The topological polar surface area (TPSA) is 60.2 Å². The Morgan fingerprint density at radius 1 is 1.73 bits per heavy atom. The van der Waals surface area contributed by atoms with Gasteiger partial charge in [0.15, 0.2) is 5.82 Å². The molecule has 0 radical (unpaired) electrons. The van der Waals surface area contributed by atoms with Crippen LogP contribution in [0, 0.1) is 0 Å². The number of aliphatic hydroxyl groups is 1. The van der Waals surface area contributed by atoms with Gasteiger partial charge >= 0.3 is 0 Å². The highest BCUT2D eigenvalue weighted by atomic mass is 16.5. The highest BCUT2D eigenvalue weighted by Gasteiger charge is 1.96. The van der Waals surface area contributed by atoms with E-state index in [1.807, 2.05) is 0 Å². The lowest BCUT2D eigenvalue weighted by molar-refractivity contribution is 0.183. The third-order valence-corrected chi connectivity index (χ3v) is 1.25. The molecule has 1 aromatic heterocycles. The van der Waals surface area contributed by atoms with E-state index in [2.05, 4.69) is 10.1 Å². The molecule has 0 saturated carbocycles. The van der Waals surface area contributed by atoms with E-state index in [0.717, 1.165) is 0 Å². The molecule has 0 fully saturated rings. The predicted molar refractivity (Wildman–Crippen MR) is 37.8 cm³/mol. The SMILES string of the molecule is COCCn1cnc(CO)n1. The van der Waals surface area contributed by atoms with Gasteiger partial charge in [-0.25, -0.2) is 4.98 Å². The molecule has 5 nitrogen and oxygen atoms in total. The third-order valence-electron chi connectivity index (χ3n) is 1.25. The van der Waals surface area contributed by atoms with E-state index in [-0.39, 0.29) is 6.61 Å². The van der Waals surface area contributed by atoms with Gasteiger partial charge in [-0.2, -0.15) is 5.10 Å². The molecule has 1 rings (SSSR count). The lowest BCUT2D eigenvalue weighted by atomic mass is 10.7. The van der Waals surface area contributed by atoms with Crippen LogP contribution in [0.2, 0.25) is 0 Å². The lowest BCUT2D eigenvalue weighted by Gasteiger charge is -1.96. The van der Waals surface area contributed by atoms with Crippen LogP contribution in [0.15, 0.2) is 6.33 Å². The van der Waals surface area contributed by atoms with Crippen LogP contribution in [-0.4, -0.2) is 33.6 Å². The van der Waals surface area contributed by atoms with Crippen LogP contribution < -0.4 is 0 Å². The van der Waals surface area contributed by atoms with Crippen LogP contribution >= 0.6 is 0 Å². The van der Waals surface area contributed by atoms with Crippen molar-refractivity contribution in [2.45, 2.75) is 13.2 Å². The highest BCUT2D eigenvalue weighted by Crippen LogP contribution is 1.88. The average Bonchev–Trinajstić information content (AvgIpc) is 2.48. The maximum absolute atomic E-state index is 8.61. The Morgan fingerprint density at radius 3 is 3.09 bits per heavy atom. The number of aliphatic hydroxyl groups excluding tert-OH is 1. The van der Waals surface area contributed by atoms with E-state index in [1.54, 1.807) is 18.1 Å². The van der Waals surface area contributed by atoms with Crippen LogP contribution in [0.1, 0.15) is 5.82 Å². The minimum Gasteiger partial charge on any atom is -0.388 e. The van der Waals surface area contributed by atoms with E-state index >= 15 is 0 Å². The summed E-state index contributed by atoms with van der Waals surface area (Å²) in [4.78, 5) is 3.83. The van der Waals surface area contributed by atoms with Gasteiger partial charge < -0.3 is 9.84 Å². The summed E-state index contributed by atoms with van der Waals surface area (Å²) in [6.45, 7) is 1.16. The number of ether oxygens (including phenoxy) is 1. The largest absolute Gasteiger partial charge is 0.388 e. The Kier molecular flexibility index (Phi) is 3.00. The molecule has 5 heteroatoms. The second-order valence-electron chi connectivity index (χ2n) is 2.07. The van der Waals surface area contributed by atoms with Crippen LogP contribution in [0.25, 0.3) is 0 Å². The molecule has 0 bridgehead atoms. The minimum absolute atomic E-state index is 0.111. The molecule has 0 saturated heterocycles. The molecule has 0 aliphatic heterocycles. The Bertz CT molecular complexity index is 211.